The number of nitrogens with one attached hydrogen (secondary N) is 1. The number of rotatable bonds is 5. The highest BCUT2D eigenvalue weighted by Gasteiger charge is 2.28. The van der Waals surface area contributed by atoms with E-state index in [2.05, 4.69) is 20.8 Å². The maximum atomic E-state index is 13.7. The van der Waals surface area contributed by atoms with Crippen LogP contribution in [0.4, 0.5) is 22.0 Å². The van der Waals surface area contributed by atoms with Crippen LogP contribution in [-0.2, 0) is 6.54 Å². The number of halogens is 5. The molecule has 10 heteroatoms. The first kappa shape index (κ1) is 15.3. The van der Waals surface area contributed by atoms with E-state index in [1.54, 1.807) is 0 Å². The van der Waals surface area contributed by atoms with Crippen molar-refractivity contribution in [2.75, 3.05) is 6.54 Å². The fraction of sp³-hybridized carbons (Fsp3) is 0.364. The zero-order chi connectivity index (χ0) is 15.6. The maximum Gasteiger partial charge on any atom is 0.200 e. The van der Waals surface area contributed by atoms with Crippen LogP contribution in [0.3, 0.4) is 0 Å². The molecule has 1 heterocycles. The molecule has 0 fully saturated rings. The number of aromatic nitrogens is 4. The predicted molar refractivity (Wildman–Crippen MR) is 60.9 cm³/mol. The summed E-state index contributed by atoms with van der Waals surface area (Å²) in [6.45, 7) is 2.48. The molecule has 21 heavy (non-hydrogen) atoms. The van der Waals surface area contributed by atoms with Gasteiger partial charge in [0.2, 0.25) is 5.82 Å². The Bertz CT molecular complexity index is 628. The summed E-state index contributed by atoms with van der Waals surface area (Å²) in [5.41, 5.74) is -1.20. The van der Waals surface area contributed by atoms with Gasteiger partial charge in [0.05, 0.1) is 6.54 Å². The first-order valence-corrected chi connectivity index (χ1v) is 5.98. The van der Waals surface area contributed by atoms with Crippen LogP contribution >= 0.6 is 0 Å². The zero-order valence-corrected chi connectivity index (χ0v) is 10.8. The van der Waals surface area contributed by atoms with Gasteiger partial charge in [-0.25, -0.2) is 22.0 Å². The van der Waals surface area contributed by atoms with Crippen LogP contribution in [0.25, 0.3) is 5.69 Å². The molecule has 0 spiro atoms. The van der Waals surface area contributed by atoms with Gasteiger partial charge in [-0.1, -0.05) is 6.92 Å². The van der Waals surface area contributed by atoms with Gasteiger partial charge < -0.3 is 5.32 Å². The van der Waals surface area contributed by atoms with Gasteiger partial charge >= 0.3 is 0 Å². The Morgan fingerprint density at radius 2 is 1.52 bits per heavy atom. The Morgan fingerprint density at radius 3 is 2.10 bits per heavy atom. The average molecular weight is 307 g/mol. The van der Waals surface area contributed by atoms with Crippen molar-refractivity contribution in [3.05, 3.63) is 34.9 Å². The van der Waals surface area contributed by atoms with Gasteiger partial charge in [-0.3, -0.25) is 0 Å². The van der Waals surface area contributed by atoms with Crippen molar-refractivity contribution in [1.82, 2.24) is 25.5 Å². The summed E-state index contributed by atoms with van der Waals surface area (Å²) in [5, 5.41) is 12.8. The molecule has 1 aromatic heterocycles. The third-order valence-electron chi connectivity index (χ3n) is 2.64. The molecule has 0 amide bonds. The lowest BCUT2D eigenvalue weighted by atomic mass is 10.2. The highest BCUT2D eigenvalue weighted by Crippen LogP contribution is 2.25. The van der Waals surface area contributed by atoms with Crippen molar-refractivity contribution in [2.45, 2.75) is 19.9 Å². The lowest BCUT2D eigenvalue weighted by Crippen LogP contribution is -2.19. The van der Waals surface area contributed by atoms with Gasteiger partial charge in [-0.05, 0) is 23.4 Å². The second-order valence-corrected chi connectivity index (χ2v) is 4.10. The van der Waals surface area contributed by atoms with Gasteiger partial charge in [-0.2, -0.15) is 4.68 Å². The lowest BCUT2D eigenvalue weighted by Gasteiger charge is -2.09. The largest absolute Gasteiger partial charge is 0.310 e. The molecule has 0 aliphatic rings. The van der Waals surface area contributed by atoms with Crippen molar-refractivity contribution in [3.8, 4) is 5.69 Å². The molecule has 0 aliphatic carbocycles. The summed E-state index contributed by atoms with van der Waals surface area (Å²) in [5.74, 6) is -10.4. The minimum atomic E-state index is -2.23. The van der Waals surface area contributed by atoms with Gasteiger partial charge in [0.15, 0.2) is 29.1 Å². The minimum absolute atomic E-state index is 0.0142. The average Bonchev–Trinajstić information content (AvgIpc) is 2.92. The van der Waals surface area contributed by atoms with Gasteiger partial charge in [-0.15, -0.1) is 5.10 Å². The molecule has 5 nitrogen and oxygen atoms in total. The fourth-order valence-corrected chi connectivity index (χ4v) is 1.65. The molecular weight excluding hydrogens is 297 g/mol. The molecular formula is C11H10F5N5. The number of nitrogens with zero attached hydrogens (tertiary/aromatic N) is 4. The Kier molecular flexibility index (Phi) is 4.46. The van der Waals surface area contributed by atoms with Crippen LogP contribution in [0, 0.1) is 29.1 Å². The summed E-state index contributed by atoms with van der Waals surface area (Å²) < 4.78 is 67.2. The van der Waals surface area contributed by atoms with Crippen molar-refractivity contribution in [3.63, 3.8) is 0 Å². The summed E-state index contributed by atoms with van der Waals surface area (Å²) >= 11 is 0. The molecule has 0 atom stereocenters. The highest BCUT2D eigenvalue weighted by molar-refractivity contribution is 5.37. The minimum Gasteiger partial charge on any atom is -0.310 e. The molecule has 2 aromatic rings. The molecule has 2 rings (SSSR count). The van der Waals surface area contributed by atoms with E-state index in [1.807, 2.05) is 6.92 Å². The quantitative estimate of drug-likeness (QED) is 0.396. The summed E-state index contributed by atoms with van der Waals surface area (Å²) in [7, 11) is 0. The topological polar surface area (TPSA) is 55.6 Å². The van der Waals surface area contributed by atoms with Crippen molar-refractivity contribution < 1.29 is 22.0 Å². The second kappa shape index (κ2) is 6.12. The van der Waals surface area contributed by atoms with E-state index >= 15 is 0 Å². The van der Waals surface area contributed by atoms with Gasteiger partial charge in [0, 0.05) is 0 Å². The maximum absolute atomic E-state index is 13.7. The fourth-order valence-electron chi connectivity index (χ4n) is 1.65. The van der Waals surface area contributed by atoms with Crippen LogP contribution in [0.2, 0.25) is 0 Å². The Balaban J connectivity index is 2.51. The van der Waals surface area contributed by atoms with Crippen molar-refractivity contribution in [2.24, 2.45) is 0 Å². The van der Waals surface area contributed by atoms with Gasteiger partial charge in [0.25, 0.3) is 0 Å². The summed E-state index contributed by atoms with van der Waals surface area (Å²) in [6, 6.07) is 0. The third kappa shape index (κ3) is 2.71. The van der Waals surface area contributed by atoms with E-state index in [4.69, 9.17) is 0 Å². The monoisotopic (exact) mass is 307 g/mol. The Labute approximate surface area is 115 Å². The number of benzene rings is 1. The van der Waals surface area contributed by atoms with E-state index in [0.29, 0.717) is 11.2 Å². The molecule has 0 radical (unpaired) electrons. The van der Waals surface area contributed by atoms with Crippen LogP contribution in [0.15, 0.2) is 0 Å². The molecule has 114 valence electrons. The van der Waals surface area contributed by atoms with Crippen LogP contribution in [0.5, 0.6) is 0 Å². The van der Waals surface area contributed by atoms with E-state index in [0.717, 1.165) is 6.42 Å². The highest BCUT2D eigenvalue weighted by atomic mass is 19.2. The zero-order valence-electron chi connectivity index (χ0n) is 10.8. The number of hydrogen-bond acceptors (Lipinski definition) is 4. The van der Waals surface area contributed by atoms with Crippen LogP contribution in [0.1, 0.15) is 19.2 Å². The Hall–Kier alpha value is -2.10. The lowest BCUT2D eigenvalue weighted by molar-refractivity contribution is 0.372. The van der Waals surface area contributed by atoms with E-state index in [9.17, 15) is 22.0 Å². The molecule has 0 saturated carbocycles. The number of hydrogen-bond donors (Lipinski definition) is 1. The van der Waals surface area contributed by atoms with Crippen molar-refractivity contribution >= 4 is 0 Å². The first-order valence-electron chi connectivity index (χ1n) is 5.98. The van der Waals surface area contributed by atoms with Crippen LogP contribution < -0.4 is 5.32 Å². The molecule has 0 aliphatic heterocycles. The SMILES string of the molecule is CCCNCc1nnnn1-c1c(F)c(F)c(F)c(F)c1F. The van der Waals surface area contributed by atoms with E-state index < -0.39 is 34.8 Å². The van der Waals surface area contributed by atoms with Crippen LogP contribution in [-0.4, -0.2) is 26.8 Å². The standard InChI is InChI=1S/C11H10F5N5/c1-2-3-17-4-5-18-19-20-21(5)11-9(15)7(13)6(12)8(14)10(11)16/h17H,2-4H2,1H3. The van der Waals surface area contributed by atoms with Crippen molar-refractivity contribution in [1.29, 1.82) is 0 Å². The third-order valence-corrected chi connectivity index (χ3v) is 2.64. The predicted octanol–water partition coefficient (Wildman–Crippen LogP) is 1.86. The first-order chi connectivity index (χ1) is 9.99. The Morgan fingerprint density at radius 1 is 0.952 bits per heavy atom. The molecule has 1 aromatic carbocycles. The normalized spacial score (nSPS) is 11.1. The molecule has 0 saturated heterocycles. The van der Waals surface area contributed by atoms with E-state index in [-0.39, 0.29) is 12.4 Å². The van der Waals surface area contributed by atoms with E-state index in [1.165, 1.54) is 0 Å². The molecule has 0 unspecified atom stereocenters. The second-order valence-electron chi connectivity index (χ2n) is 4.10. The molecule has 1 N–H and O–H groups in total. The van der Waals surface area contributed by atoms with Gasteiger partial charge in [0.1, 0.15) is 5.69 Å². The molecule has 0 bridgehead atoms. The number of tetrazole rings is 1. The smallest absolute Gasteiger partial charge is 0.200 e. The summed E-state index contributed by atoms with van der Waals surface area (Å²) in [4.78, 5) is 0. The summed E-state index contributed by atoms with van der Waals surface area (Å²) in [6.07, 6.45) is 0.782.